The zero-order valence-corrected chi connectivity index (χ0v) is 12.2. The van der Waals surface area contributed by atoms with E-state index >= 15 is 0 Å². The van der Waals surface area contributed by atoms with Crippen LogP contribution in [0.1, 0.15) is 12.8 Å². The molecule has 1 atom stereocenters. The van der Waals surface area contributed by atoms with Gasteiger partial charge in [0.25, 0.3) is 0 Å². The van der Waals surface area contributed by atoms with Crippen LogP contribution in [0.15, 0.2) is 16.5 Å². The molecule has 1 aromatic carbocycles. The molecule has 8 heteroatoms. The maximum absolute atomic E-state index is 14.2. The van der Waals surface area contributed by atoms with Gasteiger partial charge in [0.2, 0.25) is 5.95 Å². The molecule has 6 nitrogen and oxygen atoms in total. The van der Waals surface area contributed by atoms with E-state index in [1.54, 1.807) is 0 Å². The highest BCUT2D eigenvalue weighted by Crippen LogP contribution is 2.36. The fourth-order valence-electron chi connectivity index (χ4n) is 3.08. The summed E-state index contributed by atoms with van der Waals surface area (Å²) >= 11 is 0. The minimum Gasteiger partial charge on any atom is -0.450 e. The smallest absolute Gasteiger partial charge is 0.222 e. The fraction of sp³-hybridized carbons (Fsp3) is 0.333. The number of piperidine rings is 1. The highest BCUT2D eigenvalue weighted by molar-refractivity contribution is 6.06. The van der Waals surface area contributed by atoms with Crippen LogP contribution in [0.5, 0.6) is 0 Å². The quantitative estimate of drug-likeness (QED) is 0.714. The summed E-state index contributed by atoms with van der Waals surface area (Å²) in [6.45, 7) is 1.34. The Bertz CT molecular complexity index is 910. The lowest BCUT2D eigenvalue weighted by molar-refractivity contribution is 0.502. The molecule has 1 aliphatic rings. The molecule has 0 spiro atoms. The van der Waals surface area contributed by atoms with E-state index in [1.165, 1.54) is 6.07 Å². The average Bonchev–Trinajstić information content (AvgIpc) is 2.89. The van der Waals surface area contributed by atoms with Crippen LogP contribution in [0, 0.1) is 11.6 Å². The maximum atomic E-state index is 14.2. The molecule has 0 aliphatic carbocycles. The molecule has 1 aliphatic heterocycles. The van der Waals surface area contributed by atoms with E-state index in [1.807, 2.05) is 4.90 Å². The lowest BCUT2D eigenvalue weighted by atomic mass is 10.1. The first-order valence-corrected chi connectivity index (χ1v) is 7.39. The summed E-state index contributed by atoms with van der Waals surface area (Å²) < 4.78 is 33.4. The number of benzene rings is 1. The van der Waals surface area contributed by atoms with Crippen molar-refractivity contribution in [2.45, 2.75) is 18.9 Å². The predicted molar refractivity (Wildman–Crippen MR) is 83.1 cm³/mol. The molecule has 120 valence electrons. The van der Waals surface area contributed by atoms with Gasteiger partial charge >= 0.3 is 0 Å². The Kier molecular flexibility index (Phi) is 3.08. The van der Waals surface area contributed by atoms with E-state index in [0.29, 0.717) is 17.9 Å². The molecule has 23 heavy (non-hydrogen) atoms. The van der Waals surface area contributed by atoms with Crippen molar-refractivity contribution in [1.82, 2.24) is 9.97 Å². The van der Waals surface area contributed by atoms with Crippen LogP contribution in [0.3, 0.4) is 0 Å². The molecule has 1 fully saturated rings. The molecule has 4 rings (SSSR count). The van der Waals surface area contributed by atoms with E-state index in [-0.39, 0.29) is 28.5 Å². The Morgan fingerprint density at radius 1 is 1.26 bits per heavy atom. The number of rotatable bonds is 1. The normalized spacial score (nSPS) is 18.9. The first-order valence-electron chi connectivity index (χ1n) is 7.39. The zero-order valence-electron chi connectivity index (χ0n) is 12.2. The van der Waals surface area contributed by atoms with Gasteiger partial charge in [0.15, 0.2) is 23.0 Å². The van der Waals surface area contributed by atoms with Crippen molar-refractivity contribution in [1.29, 1.82) is 0 Å². The third kappa shape index (κ3) is 2.17. The molecule has 3 aromatic rings. The summed E-state index contributed by atoms with van der Waals surface area (Å²) in [6, 6.07) is 2.42. The molecule has 0 saturated carbocycles. The lowest BCUT2D eigenvalue weighted by Crippen LogP contribution is -2.43. The second kappa shape index (κ2) is 5.02. The second-order valence-electron chi connectivity index (χ2n) is 5.77. The van der Waals surface area contributed by atoms with Crippen LogP contribution in [0.25, 0.3) is 22.1 Å². The van der Waals surface area contributed by atoms with Gasteiger partial charge in [-0.1, -0.05) is 0 Å². The Balaban J connectivity index is 2.00. The van der Waals surface area contributed by atoms with Crippen LogP contribution >= 0.6 is 0 Å². The van der Waals surface area contributed by atoms with Gasteiger partial charge in [-0.2, -0.15) is 4.98 Å². The van der Waals surface area contributed by atoms with E-state index in [2.05, 4.69) is 9.97 Å². The summed E-state index contributed by atoms with van der Waals surface area (Å²) in [6.07, 6.45) is 1.84. The van der Waals surface area contributed by atoms with Gasteiger partial charge in [-0.05, 0) is 25.0 Å². The van der Waals surface area contributed by atoms with Gasteiger partial charge in [-0.25, -0.2) is 13.8 Å². The molecule has 1 saturated heterocycles. The summed E-state index contributed by atoms with van der Waals surface area (Å²) in [5, 5.41) is -0.0170. The monoisotopic (exact) mass is 319 g/mol. The number of furan rings is 1. The molecule has 0 radical (unpaired) electrons. The van der Waals surface area contributed by atoms with Crippen LogP contribution in [0.2, 0.25) is 0 Å². The molecule has 0 amide bonds. The summed E-state index contributed by atoms with van der Waals surface area (Å²) in [7, 11) is 0. The van der Waals surface area contributed by atoms with Crippen molar-refractivity contribution in [2.24, 2.45) is 5.73 Å². The molecule has 0 unspecified atom stereocenters. The third-order valence-electron chi connectivity index (χ3n) is 4.13. The molecule has 2 aromatic heterocycles. The number of aromatic nitrogens is 2. The van der Waals surface area contributed by atoms with Crippen LogP contribution in [-0.2, 0) is 0 Å². The maximum Gasteiger partial charge on any atom is 0.222 e. The number of nitrogens with two attached hydrogens (primary N) is 2. The molecular formula is C15H15F2N5O. The number of nitrogen functional groups attached to an aromatic ring is 1. The highest BCUT2D eigenvalue weighted by Gasteiger charge is 2.25. The topological polar surface area (TPSA) is 94.2 Å². The van der Waals surface area contributed by atoms with Gasteiger partial charge in [-0.3, -0.25) is 0 Å². The molecular weight excluding hydrogens is 304 g/mol. The standard InChI is InChI=1S/C15H15F2N5O/c16-8-3-4-9-10(11(8)17)12-13(23-9)14(21-15(19)20-12)22-5-1-2-7(18)6-22/h3-4,7H,1-2,5-6,18H2,(H2,19,20,21)/t7-/m0/s1. The molecule has 0 bridgehead atoms. The largest absolute Gasteiger partial charge is 0.450 e. The summed E-state index contributed by atoms with van der Waals surface area (Å²) in [5.41, 5.74) is 12.5. The SMILES string of the molecule is Nc1nc(N2CCC[C@H](N)C2)c2oc3ccc(F)c(F)c3c2n1. The third-order valence-corrected chi connectivity index (χ3v) is 4.13. The first-order chi connectivity index (χ1) is 11.0. The number of halogens is 2. The van der Waals surface area contributed by atoms with Crippen LogP contribution in [0.4, 0.5) is 20.5 Å². The highest BCUT2D eigenvalue weighted by atomic mass is 19.2. The first kappa shape index (κ1) is 14.1. The minimum atomic E-state index is -0.999. The van der Waals surface area contributed by atoms with E-state index in [4.69, 9.17) is 15.9 Å². The molecule has 3 heterocycles. The van der Waals surface area contributed by atoms with Gasteiger partial charge in [0.1, 0.15) is 11.1 Å². The molecule has 4 N–H and O–H groups in total. The number of nitrogens with zero attached hydrogens (tertiary/aromatic N) is 3. The Hall–Kier alpha value is -2.48. The number of hydrogen-bond acceptors (Lipinski definition) is 6. The average molecular weight is 319 g/mol. The predicted octanol–water partition coefficient (Wildman–Crippen LogP) is 2.16. The van der Waals surface area contributed by atoms with Crippen molar-refractivity contribution in [3.8, 4) is 0 Å². The van der Waals surface area contributed by atoms with Crippen LogP contribution < -0.4 is 16.4 Å². The van der Waals surface area contributed by atoms with Crippen molar-refractivity contribution in [3.63, 3.8) is 0 Å². The number of anilines is 2. The minimum absolute atomic E-state index is 0.0157. The summed E-state index contributed by atoms with van der Waals surface area (Å²) in [5.74, 6) is -1.50. The Morgan fingerprint density at radius 2 is 2.09 bits per heavy atom. The van der Waals surface area contributed by atoms with Crippen molar-refractivity contribution >= 4 is 33.8 Å². The summed E-state index contributed by atoms with van der Waals surface area (Å²) in [4.78, 5) is 10.2. The number of hydrogen-bond donors (Lipinski definition) is 2. The van der Waals surface area contributed by atoms with Crippen molar-refractivity contribution in [3.05, 3.63) is 23.8 Å². The van der Waals surface area contributed by atoms with E-state index in [0.717, 1.165) is 25.5 Å². The Morgan fingerprint density at radius 3 is 2.87 bits per heavy atom. The van der Waals surface area contributed by atoms with Crippen LogP contribution in [-0.4, -0.2) is 29.1 Å². The van der Waals surface area contributed by atoms with Gasteiger partial charge < -0.3 is 20.8 Å². The Labute approximate surface area is 130 Å². The van der Waals surface area contributed by atoms with Crippen molar-refractivity contribution in [2.75, 3.05) is 23.7 Å². The fourth-order valence-corrected chi connectivity index (χ4v) is 3.08. The lowest BCUT2D eigenvalue weighted by Gasteiger charge is -2.31. The van der Waals surface area contributed by atoms with Gasteiger partial charge in [-0.15, -0.1) is 0 Å². The number of fused-ring (bicyclic) bond motifs is 3. The van der Waals surface area contributed by atoms with E-state index < -0.39 is 11.6 Å². The van der Waals surface area contributed by atoms with Crippen molar-refractivity contribution < 1.29 is 13.2 Å². The second-order valence-corrected chi connectivity index (χ2v) is 5.77. The van der Waals surface area contributed by atoms with E-state index in [9.17, 15) is 8.78 Å². The van der Waals surface area contributed by atoms with Gasteiger partial charge in [0.05, 0.1) is 5.39 Å². The zero-order chi connectivity index (χ0) is 16.1. The van der Waals surface area contributed by atoms with Gasteiger partial charge in [0, 0.05) is 19.1 Å².